The summed E-state index contributed by atoms with van der Waals surface area (Å²) in [7, 11) is 7.89. The third kappa shape index (κ3) is 2.40. The zero-order valence-electron chi connectivity index (χ0n) is 11.2. The quantitative estimate of drug-likeness (QED) is 0.603. The first-order chi connectivity index (χ1) is 8.59. The van der Waals surface area contributed by atoms with Crippen LogP contribution in [0.1, 0.15) is 0 Å². The topological polar surface area (TPSA) is 36.8 Å². The van der Waals surface area contributed by atoms with Gasteiger partial charge in [0.15, 0.2) is 0 Å². The number of rotatable bonds is 3. The van der Waals surface area contributed by atoms with Crippen molar-refractivity contribution in [2.24, 2.45) is 24.3 Å². The van der Waals surface area contributed by atoms with Gasteiger partial charge in [-0.15, -0.1) is 0 Å². The lowest BCUT2D eigenvalue weighted by atomic mass is 10.2. The molecular weight excluding hydrogens is 226 g/mol. The van der Waals surface area contributed by atoms with E-state index in [1.807, 2.05) is 78.9 Å². The van der Waals surface area contributed by atoms with E-state index in [4.69, 9.17) is 0 Å². The molecule has 0 aliphatic rings. The molecule has 5 heteroatoms. The summed E-state index contributed by atoms with van der Waals surface area (Å²) in [6.45, 7) is 0. The van der Waals surface area contributed by atoms with Crippen molar-refractivity contribution >= 4 is 17.3 Å². The number of azo groups is 1. The van der Waals surface area contributed by atoms with Crippen molar-refractivity contribution in [3.05, 3.63) is 36.7 Å². The molecule has 1 aromatic heterocycles. The van der Waals surface area contributed by atoms with Gasteiger partial charge in [0.1, 0.15) is 5.69 Å². The zero-order chi connectivity index (χ0) is 13.1. The van der Waals surface area contributed by atoms with Gasteiger partial charge in [-0.05, 0) is 12.1 Å². The van der Waals surface area contributed by atoms with Crippen LogP contribution in [0.5, 0.6) is 0 Å². The van der Waals surface area contributed by atoms with E-state index in [0.29, 0.717) is 0 Å². The van der Waals surface area contributed by atoms with Crippen LogP contribution in [-0.2, 0) is 14.1 Å². The Hall–Kier alpha value is -2.17. The Balaban J connectivity index is 2.35. The first-order valence-electron chi connectivity index (χ1n) is 5.78. The standard InChI is InChI=1S/C13H18N5/c1-16(2)12-8-6-5-7-11(12)14-15-13-17(3)9-10-18(13)4/h5-10H,1-4H3/q+1. The Morgan fingerprint density at radius 3 is 2.50 bits per heavy atom. The fraction of sp³-hybridized carbons (Fsp3) is 0.308. The molecule has 0 bridgehead atoms. The average Bonchev–Trinajstić information content (AvgIpc) is 2.67. The van der Waals surface area contributed by atoms with Crippen LogP contribution in [0, 0.1) is 0 Å². The molecule has 2 rings (SSSR count). The number of hydrogen-bond donors (Lipinski definition) is 0. The molecule has 0 spiro atoms. The van der Waals surface area contributed by atoms with Crippen LogP contribution in [-0.4, -0.2) is 18.7 Å². The van der Waals surface area contributed by atoms with E-state index >= 15 is 0 Å². The van der Waals surface area contributed by atoms with Crippen molar-refractivity contribution in [2.45, 2.75) is 0 Å². The lowest BCUT2D eigenvalue weighted by Gasteiger charge is -2.12. The Labute approximate surface area is 107 Å². The van der Waals surface area contributed by atoms with E-state index in [9.17, 15) is 0 Å². The Morgan fingerprint density at radius 1 is 1.17 bits per heavy atom. The van der Waals surface area contributed by atoms with Crippen LogP contribution in [0.3, 0.4) is 0 Å². The maximum atomic E-state index is 4.33. The van der Waals surface area contributed by atoms with Crippen molar-refractivity contribution in [1.82, 2.24) is 4.57 Å². The first kappa shape index (κ1) is 12.3. The summed E-state index contributed by atoms with van der Waals surface area (Å²) in [6, 6.07) is 7.95. The van der Waals surface area contributed by atoms with Gasteiger partial charge in [0.25, 0.3) is 0 Å². The van der Waals surface area contributed by atoms with Crippen LogP contribution >= 0.6 is 0 Å². The average molecular weight is 244 g/mol. The van der Waals surface area contributed by atoms with Gasteiger partial charge in [0.05, 0.1) is 32.2 Å². The van der Waals surface area contributed by atoms with E-state index in [2.05, 4.69) is 10.2 Å². The highest BCUT2D eigenvalue weighted by molar-refractivity contribution is 5.65. The molecule has 2 aromatic rings. The molecule has 0 fully saturated rings. The van der Waals surface area contributed by atoms with Crippen LogP contribution in [0.2, 0.25) is 0 Å². The minimum atomic E-state index is 0.809. The van der Waals surface area contributed by atoms with E-state index in [0.717, 1.165) is 17.3 Å². The summed E-state index contributed by atoms with van der Waals surface area (Å²) in [6.07, 6.45) is 3.90. The van der Waals surface area contributed by atoms with Gasteiger partial charge in [0.2, 0.25) is 0 Å². The van der Waals surface area contributed by atoms with E-state index in [1.54, 1.807) is 0 Å². The van der Waals surface area contributed by atoms with E-state index in [1.165, 1.54) is 0 Å². The normalized spacial score (nSPS) is 11.1. The number of aromatic nitrogens is 2. The fourth-order valence-electron chi connectivity index (χ4n) is 1.75. The monoisotopic (exact) mass is 244 g/mol. The molecule has 0 saturated carbocycles. The number of aryl methyl sites for hydroxylation is 2. The number of imidazole rings is 1. The maximum Gasteiger partial charge on any atom is 0.421 e. The maximum absolute atomic E-state index is 4.33. The molecule has 0 aliphatic heterocycles. The van der Waals surface area contributed by atoms with Crippen LogP contribution in [0.15, 0.2) is 46.9 Å². The van der Waals surface area contributed by atoms with Crippen LogP contribution < -0.4 is 9.47 Å². The summed E-state index contributed by atoms with van der Waals surface area (Å²) in [5, 5.41) is 8.64. The Morgan fingerprint density at radius 2 is 1.89 bits per heavy atom. The molecule has 0 aliphatic carbocycles. The van der Waals surface area contributed by atoms with E-state index in [-0.39, 0.29) is 0 Å². The molecule has 0 saturated heterocycles. The molecule has 18 heavy (non-hydrogen) atoms. The number of hydrogen-bond acceptors (Lipinski definition) is 3. The first-order valence-corrected chi connectivity index (χ1v) is 5.78. The van der Waals surface area contributed by atoms with Gasteiger partial charge in [-0.3, -0.25) is 0 Å². The molecule has 0 radical (unpaired) electrons. The zero-order valence-corrected chi connectivity index (χ0v) is 11.2. The predicted molar refractivity (Wildman–Crippen MR) is 71.5 cm³/mol. The summed E-state index contributed by atoms with van der Waals surface area (Å²) in [4.78, 5) is 2.03. The molecule has 1 aromatic carbocycles. The summed E-state index contributed by atoms with van der Waals surface area (Å²) < 4.78 is 3.86. The third-order valence-electron chi connectivity index (χ3n) is 2.76. The summed E-state index contributed by atoms with van der Waals surface area (Å²) in [5.41, 5.74) is 1.92. The van der Waals surface area contributed by atoms with Gasteiger partial charge in [-0.2, -0.15) is 0 Å². The molecule has 0 N–H and O–H groups in total. The molecule has 0 atom stereocenters. The van der Waals surface area contributed by atoms with Crippen molar-refractivity contribution in [2.75, 3.05) is 19.0 Å². The van der Waals surface area contributed by atoms with Crippen molar-refractivity contribution in [1.29, 1.82) is 0 Å². The highest BCUT2D eigenvalue weighted by Crippen LogP contribution is 2.27. The van der Waals surface area contributed by atoms with Crippen molar-refractivity contribution < 1.29 is 4.57 Å². The van der Waals surface area contributed by atoms with Gasteiger partial charge < -0.3 is 4.90 Å². The number of benzene rings is 1. The second-order valence-electron chi connectivity index (χ2n) is 4.40. The van der Waals surface area contributed by atoms with Gasteiger partial charge in [-0.1, -0.05) is 17.2 Å². The second kappa shape index (κ2) is 5.00. The van der Waals surface area contributed by atoms with Crippen molar-refractivity contribution in [3.8, 4) is 0 Å². The molecule has 5 nitrogen and oxygen atoms in total. The Kier molecular flexibility index (Phi) is 3.41. The molecule has 0 unspecified atom stereocenters. The third-order valence-corrected chi connectivity index (χ3v) is 2.76. The summed E-state index contributed by atoms with van der Waals surface area (Å²) >= 11 is 0. The molecular formula is C13H18N5+. The van der Waals surface area contributed by atoms with E-state index < -0.39 is 0 Å². The fourth-order valence-corrected chi connectivity index (χ4v) is 1.75. The molecule has 1 heterocycles. The minimum absolute atomic E-state index is 0.809. The molecule has 0 amide bonds. The summed E-state index contributed by atoms with van der Waals surface area (Å²) in [5.74, 6) is 0.809. The number of nitrogens with zero attached hydrogens (tertiary/aromatic N) is 5. The smallest absolute Gasteiger partial charge is 0.376 e. The minimum Gasteiger partial charge on any atom is -0.376 e. The second-order valence-corrected chi connectivity index (χ2v) is 4.40. The van der Waals surface area contributed by atoms with Crippen molar-refractivity contribution in [3.63, 3.8) is 0 Å². The van der Waals surface area contributed by atoms with Gasteiger partial charge in [-0.25, -0.2) is 9.13 Å². The lowest BCUT2D eigenvalue weighted by molar-refractivity contribution is -0.657. The number of anilines is 1. The highest BCUT2D eigenvalue weighted by atomic mass is 15.3. The lowest BCUT2D eigenvalue weighted by Crippen LogP contribution is -2.25. The largest absolute Gasteiger partial charge is 0.421 e. The van der Waals surface area contributed by atoms with Crippen LogP contribution in [0.4, 0.5) is 17.3 Å². The van der Waals surface area contributed by atoms with Gasteiger partial charge in [0, 0.05) is 19.2 Å². The van der Waals surface area contributed by atoms with Crippen LogP contribution in [0.25, 0.3) is 0 Å². The molecule has 94 valence electrons. The van der Waals surface area contributed by atoms with Gasteiger partial charge >= 0.3 is 5.95 Å². The highest BCUT2D eigenvalue weighted by Gasteiger charge is 2.11. The predicted octanol–water partition coefficient (Wildman–Crippen LogP) is 2.33. The SMILES string of the molecule is CN(C)c1ccccc1N=Nc1n(C)cc[n+]1C. The Bertz CT molecular complexity index is 549. The number of para-hydroxylation sites is 1.